The third-order valence-electron chi connectivity index (χ3n) is 12.6. The summed E-state index contributed by atoms with van der Waals surface area (Å²) in [5, 5.41) is 0. The topological polar surface area (TPSA) is 9.72 Å². The van der Waals surface area contributed by atoms with E-state index in [-0.39, 0.29) is 0 Å². The van der Waals surface area contributed by atoms with Gasteiger partial charge in [0, 0.05) is 77.5 Å². The van der Waals surface area contributed by atoms with Gasteiger partial charge in [-0.2, -0.15) is 0 Å². The minimum atomic E-state index is -1.91. The number of benzene rings is 6. The van der Waals surface area contributed by atoms with Gasteiger partial charge in [-0.3, -0.25) is 0 Å². The highest BCUT2D eigenvalue weighted by atomic mass is 28.3. The average molecular weight is 762 g/mol. The molecule has 0 spiro atoms. The van der Waals surface area contributed by atoms with Crippen LogP contribution in [-0.4, -0.2) is 29.2 Å². The van der Waals surface area contributed by atoms with Gasteiger partial charge < -0.3 is 14.7 Å². The van der Waals surface area contributed by atoms with Crippen LogP contribution in [0.5, 0.6) is 0 Å². The second-order valence-electron chi connectivity index (χ2n) is 16.7. The molecule has 0 fully saturated rings. The standard InChI is InChI=1S/C36H38N2Si.C17H17N/c1-25-23-31-29(19-13-21-33(31)37(3)27-15-9-7-10-16-27)35(25)39(5,6)36-26(2)24-32-30(36)20-14-22-34(32)38(4)28-17-11-8-12-18-28;1-13-11-14-7-6-10-17(16(14)12-13)18(2)15-8-4-3-5-9-15/h7-24,35-36H,1-6H3;3-11H,12H2,1-2H3. The minimum Gasteiger partial charge on any atom is -0.344 e. The summed E-state index contributed by atoms with van der Waals surface area (Å²) in [6, 6.07) is 52.3. The van der Waals surface area contributed by atoms with E-state index in [0.717, 1.165) is 6.42 Å². The molecule has 0 amide bonds. The summed E-state index contributed by atoms with van der Waals surface area (Å²) < 4.78 is 0. The zero-order valence-corrected chi connectivity index (χ0v) is 35.8. The third-order valence-corrected chi connectivity index (χ3v) is 17.1. The maximum absolute atomic E-state index is 2.61. The minimum absolute atomic E-state index is 0.478. The fraction of sp³-hybridized carbons (Fsp3) is 0.208. The number of rotatable bonds is 8. The van der Waals surface area contributed by atoms with E-state index in [0.29, 0.717) is 11.1 Å². The molecule has 3 aliphatic carbocycles. The Kier molecular flexibility index (Phi) is 10.4. The Bertz CT molecular complexity index is 2380. The van der Waals surface area contributed by atoms with Crippen molar-refractivity contribution in [2.45, 2.75) is 51.4 Å². The zero-order valence-electron chi connectivity index (χ0n) is 34.8. The number of fused-ring (bicyclic) bond motifs is 3. The average Bonchev–Trinajstić information content (AvgIpc) is 3.91. The maximum atomic E-state index is 2.61. The lowest BCUT2D eigenvalue weighted by molar-refractivity contribution is 0.967. The van der Waals surface area contributed by atoms with E-state index in [1.165, 1.54) is 84.2 Å². The SMILES string of the molecule is CC1=Cc2c(cccc2N(C)c2ccccc2)C1[Si](C)(C)C1C(C)=Cc2c1cccc2N(C)c1ccccc1.CC1=Cc2cccc(N(C)c3ccccc3)c2C1. The fourth-order valence-corrected chi connectivity index (χ4v) is 15.0. The summed E-state index contributed by atoms with van der Waals surface area (Å²) in [6.45, 7) is 12.2. The van der Waals surface area contributed by atoms with E-state index in [9.17, 15) is 0 Å². The number of para-hydroxylation sites is 3. The van der Waals surface area contributed by atoms with E-state index in [4.69, 9.17) is 0 Å². The molecule has 0 aliphatic heterocycles. The molecule has 3 nitrogen and oxygen atoms in total. The van der Waals surface area contributed by atoms with Gasteiger partial charge in [-0.25, -0.2) is 0 Å². The first kappa shape index (κ1) is 38.1. The van der Waals surface area contributed by atoms with Crippen molar-refractivity contribution in [3.8, 4) is 0 Å². The van der Waals surface area contributed by atoms with Gasteiger partial charge in [0.1, 0.15) is 0 Å². The highest BCUT2D eigenvalue weighted by molar-refractivity contribution is 6.81. The summed E-state index contributed by atoms with van der Waals surface area (Å²) in [7, 11) is 4.60. The first-order chi connectivity index (χ1) is 27.5. The first-order valence-electron chi connectivity index (χ1n) is 20.3. The Morgan fingerprint density at radius 2 is 0.825 bits per heavy atom. The second-order valence-corrected chi connectivity index (χ2v) is 21.5. The number of anilines is 6. The van der Waals surface area contributed by atoms with Crippen LogP contribution in [-0.2, 0) is 6.42 Å². The van der Waals surface area contributed by atoms with E-state index in [2.05, 4.69) is 234 Å². The summed E-state index contributed by atoms with van der Waals surface area (Å²) in [6.07, 6.45) is 8.30. The Hall–Kier alpha value is -5.84. The van der Waals surface area contributed by atoms with Crippen LogP contribution in [0.1, 0.15) is 65.2 Å². The monoisotopic (exact) mass is 761 g/mol. The van der Waals surface area contributed by atoms with Gasteiger partial charge in [0.25, 0.3) is 0 Å². The van der Waals surface area contributed by atoms with Crippen LogP contribution in [0.25, 0.3) is 18.2 Å². The third kappa shape index (κ3) is 7.08. The lowest BCUT2D eigenvalue weighted by Crippen LogP contribution is -2.42. The van der Waals surface area contributed by atoms with Gasteiger partial charge >= 0.3 is 0 Å². The normalized spacial score (nSPS) is 16.3. The molecule has 0 bridgehead atoms. The quantitative estimate of drug-likeness (QED) is 0.143. The Balaban J connectivity index is 0.000000210. The van der Waals surface area contributed by atoms with Gasteiger partial charge in [-0.15, -0.1) is 0 Å². The van der Waals surface area contributed by atoms with Crippen molar-refractivity contribution < 1.29 is 0 Å². The summed E-state index contributed by atoms with van der Waals surface area (Å²) in [5.74, 6) is 0. The van der Waals surface area contributed by atoms with Gasteiger partial charge in [0.15, 0.2) is 0 Å². The summed E-state index contributed by atoms with van der Waals surface area (Å²) in [5.41, 5.74) is 21.6. The number of allylic oxidation sites excluding steroid dienone is 3. The highest BCUT2D eigenvalue weighted by Gasteiger charge is 2.47. The molecule has 0 aromatic heterocycles. The molecule has 0 saturated carbocycles. The van der Waals surface area contributed by atoms with Crippen molar-refractivity contribution in [1.82, 2.24) is 0 Å². The van der Waals surface area contributed by atoms with Crippen LogP contribution in [0.2, 0.25) is 13.1 Å². The van der Waals surface area contributed by atoms with Crippen LogP contribution in [0.15, 0.2) is 162 Å². The van der Waals surface area contributed by atoms with Crippen LogP contribution in [0.4, 0.5) is 34.1 Å². The van der Waals surface area contributed by atoms with Crippen molar-refractivity contribution in [2.24, 2.45) is 0 Å². The summed E-state index contributed by atoms with van der Waals surface area (Å²) >= 11 is 0. The predicted octanol–water partition coefficient (Wildman–Crippen LogP) is 14.1. The van der Waals surface area contributed by atoms with E-state index < -0.39 is 8.07 Å². The molecule has 57 heavy (non-hydrogen) atoms. The number of hydrogen-bond acceptors (Lipinski definition) is 3. The highest BCUT2D eigenvalue weighted by Crippen LogP contribution is 2.54. The van der Waals surface area contributed by atoms with Crippen LogP contribution in [0.3, 0.4) is 0 Å². The second kappa shape index (κ2) is 15.6. The number of nitrogens with zero attached hydrogens (tertiary/aromatic N) is 3. The number of hydrogen-bond donors (Lipinski definition) is 0. The first-order valence-corrected chi connectivity index (χ1v) is 23.5. The largest absolute Gasteiger partial charge is 0.344 e. The zero-order chi connectivity index (χ0) is 39.8. The molecule has 0 radical (unpaired) electrons. The smallest absolute Gasteiger partial charge is 0.0722 e. The van der Waals surface area contributed by atoms with Crippen LogP contribution < -0.4 is 14.7 Å². The molecule has 6 aromatic carbocycles. The molecule has 0 heterocycles. The van der Waals surface area contributed by atoms with E-state index >= 15 is 0 Å². The van der Waals surface area contributed by atoms with E-state index in [1.54, 1.807) is 0 Å². The van der Waals surface area contributed by atoms with Gasteiger partial charge in [-0.05, 0) is 104 Å². The lowest BCUT2D eigenvalue weighted by Gasteiger charge is -2.39. The molecule has 3 aliphatic rings. The maximum Gasteiger partial charge on any atom is 0.0722 e. The molecule has 4 heteroatoms. The molecule has 2 atom stereocenters. The molecule has 6 aromatic rings. The lowest BCUT2D eigenvalue weighted by atomic mass is 10.1. The Morgan fingerprint density at radius 3 is 1.26 bits per heavy atom. The molecule has 0 N–H and O–H groups in total. The van der Waals surface area contributed by atoms with Gasteiger partial charge in [-0.1, -0.05) is 139 Å². The molecule has 2 unspecified atom stereocenters. The molecular formula is C53H55N3Si. The molecule has 286 valence electrons. The summed E-state index contributed by atoms with van der Waals surface area (Å²) in [4.78, 5) is 6.94. The fourth-order valence-electron chi connectivity index (χ4n) is 10.00. The predicted molar refractivity (Wildman–Crippen MR) is 250 cm³/mol. The van der Waals surface area contributed by atoms with Crippen molar-refractivity contribution in [1.29, 1.82) is 0 Å². The van der Waals surface area contributed by atoms with Crippen molar-refractivity contribution in [2.75, 3.05) is 35.8 Å². The van der Waals surface area contributed by atoms with E-state index in [1.807, 2.05) is 0 Å². The van der Waals surface area contributed by atoms with Crippen molar-refractivity contribution in [3.05, 3.63) is 196 Å². The van der Waals surface area contributed by atoms with Crippen LogP contribution in [0, 0.1) is 0 Å². The van der Waals surface area contributed by atoms with Crippen molar-refractivity contribution >= 4 is 60.4 Å². The van der Waals surface area contributed by atoms with Crippen LogP contribution >= 0.6 is 0 Å². The van der Waals surface area contributed by atoms with Gasteiger partial charge in [0.2, 0.25) is 0 Å². The Morgan fingerprint density at radius 1 is 0.439 bits per heavy atom. The molecule has 0 saturated heterocycles. The Labute approximate surface area is 342 Å². The molecule has 9 rings (SSSR count). The molecular weight excluding hydrogens is 707 g/mol. The van der Waals surface area contributed by atoms with Crippen molar-refractivity contribution in [3.63, 3.8) is 0 Å². The van der Waals surface area contributed by atoms with Gasteiger partial charge in [0.05, 0.1) is 8.07 Å².